The SMILES string of the molecule is Cc1cc(C)nc(Nc2cccc(C(=O)NCCCCCCCCCCC(=O)O)c2)n1. The molecular weight excluding hydrogens is 392 g/mol. The highest BCUT2D eigenvalue weighted by molar-refractivity contribution is 5.95. The van der Waals surface area contributed by atoms with Gasteiger partial charge < -0.3 is 15.7 Å². The molecule has 3 N–H and O–H groups in total. The van der Waals surface area contributed by atoms with Crippen LogP contribution in [0.25, 0.3) is 0 Å². The van der Waals surface area contributed by atoms with Gasteiger partial charge in [0.2, 0.25) is 5.95 Å². The highest BCUT2D eigenvalue weighted by atomic mass is 16.4. The molecule has 7 nitrogen and oxygen atoms in total. The van der Waals surface area contributed by atoms with E-state index in [0.29, 0.717) is 18.1 Å². The van der Waals surface area contributed by atoms with E-state index in [1.54, 1.807) is 12.1 Å². The minimum Gasteiger partial charge on any atom is -0.481 e. The Morgan fingerprint density at radius 1 is 0.871 bits per heavy atom. The fraction of sp³-hybridized carbons (Fsp3) is 0.500. The van der Waals surface area contributed by atoms with Gasteiger partial charge in [-0.3, -0.25) is 9.59 Å². The normalized spacial score (nSPS) is 10.6. The molecular formula is C24H34N4O3. The van der Waals surface area contributed by atoms with Crippen molar-refractivity contribution in [3.63, 3.8) is 0 Å². The van der Waals surface area contributed by atoms with Crippen LogP contribution >= 0.6 is 0 Å². The maximum absolute atomic E-state index is 12.4. The summed E-state index contributed by atoms with van der Waals surface area (Å²) in [6.45, 7) is 4.51. The summed E-state index contributed by atoms with van der Waals surface area (Å²) in [7, 11) is 0. The zero-order valence-electron chi connectivity index (χ0n) is 18.6. The van der Waals surface area contributed by atoms with E-state index in [1.807, 2.05) is 32.0 Å². The number of nitrogens with one attached hydrogen (secondary N) is 2. The number of benzene rings is 1. The number of nitrogens with zero attached hydrogens (tertiary/aromatic N) is 2. The lowest BCUT2D eigenvalue weighted by Crippen LogP contribution is -2.24. The first-order chi connectivity index (χ1) is 14.9. The number of hydrogen-bond acceptors (Lipinski definition) is 5. The molecule has 0 saturated heterocycles. The van der Waals surface area contributed by atoms with E-state index in [1.165, 1.54) is 0 Å². The van der Waals surface area contributed by atoms with Gasteiger partial charge in [0.25, 0.3) is 5.91 Å². The molecule has 0 unspecified atom stereocenters. The number of carboxylic acid groups (broad SMARTS) is 1. The van der Waals surface area contributed by atoms with Crippen LogP contribution in [-0.4, -0.2) is 33.5 Å². The quantitative estimate of drug-likeness (QED) is 0.360. The average Bonchev–Trinajstić information content (AvgIpc) is 2.71. The Morgan fingerprint density at radius 2 is 1.48 bits per heavy atom. The maximum atomic E-state index is 12.4. The number of aromatic nitrogens is 2. The van der Waals surface area contributed by atoms with Gasteiger partial charge in [0.15, 0.2) is 0 Å². The van der Waals surface area contributed by atoms with Crippen LogP contribution in [0.3, 0.4) is 0 Å². The molecule has 0 aliphatic carbocycles. The lowest BCUT2D eigenvalue weighted by molar-refractivity contribution is -0.137. The first-order valence-corrected chi connectivity index (χ1v) is 11.1. The van der Waals surface area contributed by atoms with Crippen molar-refractivity contribution in [2.75, 3.05) is 11.9 Å². The molecule has 1 amide bonds. The van der Waals surface area contributed by atoms with Gasteiger partial charge >= 0.3 is 5.97 Å². The van der Waals surface area contributed by atoms with Crippen LogP contribution in [0.5, 0.6) is 0 Å². The van der Waals surface area contributed by atoms with Gasteiger partial charge in [0.1, 0.15) is 0 Å². The molecule has 2 aromatic rings. The summed E-state index contributed by atoms with van der Waals surface area (Å²) >= 11 is 0. The zero-order valence-corrected chi connectivity index (χ0v) is 18.6. The third kappa shape index (κ3) is 10.1. The molecule has 0 aliphatic heterocycles. The van der Waals surface area contributed by atoms with E-state index in [9.17, 15) is 9.59 Å². The van der Waals surface area contributed by atoms with Crippen molar-refractivity contribution < 1.29 is 14.7 Å². The van der Waals surface area contributed by atoms with E-state index in [4.69, 9.17) is 5.11 Å². The Balaban J connectivity index is 1.63. The van der Waals surface area contributed by atoms with Crippen molar-refractivity contribution in [1.82, 2.24) is 15.3 Å². The van der Waals surface area contributed by atoms with E-state index in [2.05, 4.69) is 20.6 Å². The molecule has 0 aliphatic rings. The number of carboxylic acids is 1. The number of hydrogen-bond donors (Lipinski definition) is 3. The van der Waals surface area contributed by atoms with Gasteiger partial charge in [-0.15, -0.1) is 0 Å². The van der Waals surface area contributed by atoms with Crippen molar-refractivity contribution in [1.29, 1.82) is 0 Å². The summed E-state index contributed by atoms with van der Waals surface area (Å²) < 4.78 is 0. The van der Waals surface area contributed by atoms with E-state index in [-0.39, 0.29) is 12.3 Å². The number of aryl methyl sites for hydroxylation is 2. The summed E-state index contributed by atoms with van der Waals surface area (Å²) in [6.07, 6.45) is 8.64. The molecule has 0 atom stereocenters. The maximum Gasteiger partial charge on any atom is 0.303 e. The van der Waals surface area contributed by atoms with E-state index < -0.39 is 5.97 Å². The van der Waals surface area contributed by atoms with Crippen molar-refractivity contribution in [3.05, 3.63) is 47.3 Å². The van der Waals surface area contributed by atoms with Gasteiger partial charge in [0.05, 0.1) is 0 Å². The van der Waals surface area contributed by atoms with Gasteiger partial charge in [-0.1, -0.05) is 44.6 Å². The van der Waals surface area contributed by atoms with E-state index in [0.717, 1.165) is 68.4 Å². The van der Waals surface area contributed by atoms with Crippen molar-refractivity contribution in [3.8, 4) is 0 Å². The molecule has 31 heavy (non-hydrogen) atoms. The van der Waals surface area contributed by atoms with Crippen LogP contribution in [0.4, 0.5) is 11.6 Å². The van der Waals surface area contributed by atoms with Crippen LogP contribution in [0.1, 0.15) is 79.5 Å². The standard InChI is InChI=1S/C24H34N4O3/c1-18-16-19(2)27-24(26-18)28-21-13-11-12-20(17-21)23(31)25-15-10-8-6-4-3-5-7-9-14-22(29)30/h11-13,16-17H,3-10,14-15H2,1-2H3,(H,25,31)(H,29,30)(H,26,27,28). The Kier molecular flexibility index (Phi) is 10.5. The first-order valence-electron chi connectivity index (χ1n) is 11.1. The molecule has 7 heteroatoms. The number of unbranched alkanes of at least 4 members (excludes halogenated alkanes) is 7. The lowest BCUT2D eigenvalue weighted by atomic mass is 10.1. The second kappa shape index (κ2) is 13.4. The number of carbonyl (C=O) groups excluding carboxylic acids is 1. The molecule has 1 heterocycles. The van der Waals surface area contributed by atoms with Crippen LogP contribution in [0.2, 0.25) is 0 Å². The highest BCUT2D eigenvalue weighted by Gasteiger charge is 2.07. The first kappa shape index (κ1) is 24.3. The van der Waals surface area contributed by atoms with Crippen LogP contribution < -0.4 is 10.6 Å². The van der Waals surface area contributed by atoms with Gasteiger partial charge in [-0.05, 0) is 51.0 Å². The summed E-state index contributed by atoms with van der Waals surface area (Å²) in [6, 6.07) is 9.25. The number of carbonyl (C=O) groups is 2. The largest absolute Gasteiger partial charge is 0.481 e. The second-order valence-electron chi connectivity index (χ2n) is 7.91. The minimum atomic E-state index is -0.708. The zero-order chi connectivity index (χ0) is 22.5. The Bertz CT molecular complexity index is 834. The number of rotatable bonds is 14. The predicted octanol–water partition coefficient (Wildman–Crippen LogP) is 5.16. The molecule has 168 valence electrons. The highest BCUT2D eigenvalue weighted by Crippen LogP contribution is 2.16. The fourth-order valence-corrected chi connectivity index (χ4v) is 3.42. The molecule has 0 radical (unpaired) electrons. The Morgan fingerprint density at radius 3 is 2.13 bits per heavy atom. The summed E-state index contributed by atoms with van der Waals surface area (Å²) in [4.78, 5) is 31.6. The molecule has 2 rings (SSSR count). The number of anilines is 2. The Hall–Kier alpha value is -2.96. The summed E-state index contributed by atoms with van der Waals surface area (Å²) in [5.41, 5.74) is 3.17. The van der Waals surface area contributed by atoms with Gasteiger partial charge in [-0.25, -0.2) is 9.97 Å². The molecule has 0 bridgehead atoms. The van der Waals surface area contributed by atoms with Crippen molar-refractivity contribution in [2.24, 2.45) is 0 Å². The fourth-order valence-electron chi connectivity index (χ4n) is 3.42. The Labute approximate surface area is 184 Å². The third-order valence-corrected chi connectivity index (χ3v) is 4.97. The van der Waals surface area contributed by atoms with Crippen molar-refractivity contribution in [2.45, 2.75) is 71.6 Å². The predicted molar refractivity (Wildman–Crippen MR) is 123 cm³/mol. The van der Waals surface area contributed by atoms with Gasteiger partial charge in [0, 0.05) is 35.6 Å². The minimum absolute atomic E-state index is 0.0802. The smallest absolute Gasteiger partial charge is 0.303 e. The van der Waals surface area contributed by atoms with Crippen LogP contribution in [0.15, 0.2) is 30.3 Å². The molecule has 1 aromatic carbocycles. The van der Waals surface area contributed by atoms with Crippen LogP contribution in [-0.2, 0) is 4.79 Å². The second-order valence-corrected chi connectivity index (χ2v) is 7.91. The molecule has 0 fully saturated rings. The lowest BCUT2D eigenvalue weighted by Gasteiger charge is -2.09. The van der Waals surface area contributed by atoms with Gasteiger partial charge in [-0.2, -0.15) is 0 Å². The summed E-state index contributed by atoms with van der Waals surface area (Å²) in [5.74, 6) is -0.263. The number of amides is 1. The molecule has 0 spiro atoms. The van der Waals surface area contributed by atoms with Crippen molar-refractivity contribution >= 4 is 23.5 Å². The third-order valence-electron chi connectivity index (χ3n) is 4.97. The average molecular weight is 427 g/mol. The molecule has 0 saturated carbocycles. The number of aliphatic carboxylic acids is 1. The monoisotopic (exact) mass is 426 g/mol. The summed E-state index contributed by atoms with van der Waals surface area (Å²) in [5, 5.41) is 14.7. The topological polar surface area (TPSA) is 104 Å². The molecule has 1 aromatic heterocycles. The van der Waals surface area contributed by atoms with Crippen LogP contribution in [0, 0.1) is 13.8 Å². The van der Waals surface area contributed by atoms with E-state index >= 15 is 0 Å².